The van der Waals surface area contributed by atoms with Crippen LogP contribution in [-0.2, 0) is 9.47 Å². The summed E-state index contributed by atoms with van der Waals surface area (Å²) in [5.74, 6) is 1.59. The van der Waals surface area contributed by atoms with Crippen molar-refractivity contribution < 1.29 is 9.47 Å². The zero-order chi connectivity index (χ0) is 15.3. The van der Waals surface area contributed by atoms with Crippen LogP contribution in [0.5, 0.6) is 0 Å². The van der Waals surface area contributed by atoms with Gasteiger partial charge in [-0.3, -0.25) is 0 Å². The lowest BCUT2D eigenvalue weighted by Gasteiger charge is -2.39. The van der Waals surface area contributed by atoms with E-state index in [1.54, 1.807) is 0 Å². The van der Waals surface area contributed by atoms with E-state index in [1.165, 1.54) is 38.5 Å². The van der Waals surface area contributed by atoms with Crippen LogP contribution in [0.3, 0.4) is 0 Å². The molecule has 2 aliphatic carbocycles. The molecular formula is C19H34O2. The van der Waals surface area contributed by atoms with E-state index in [2.05, 4.69) is 34.6 Å². The molecule has 5 atom stereocenters. The maximum atomic E-state index is 6.46. The Kier molecular flexibility index (Phi) is 4.16. The van der Waals surface area contributed by atoms with Crippen LogP contribution in [0.4, 0.5) is 0 Å². The van der Waals surface area contributed by atoms with Gasteiger partial charge in [-0.05, 0) is 48.3 Å². The van der Waals surface area contributed by atoms with Crippen molar-refractivity contribution in [1.29, 1.82) is 0 Å². The highest BCUT2D eigenvalue weighted by Crippen LogP contribution is 2.71. The van der Waals surface area contributed by atoms with Crippen LogP contribution in [0.2, 0.25) is 0 Å². The second kappa shape index (κ2) is 5.53. The number of hydrogen-bond acceptors (Lipinski definition) is 2. The molecule has 1 saturated heterocycles. The van der Waals surface area contributed by atoms with Crippen LogP contribution in [0.15, 0.2) is 0 Å². The fraction of sp³-hybridized carbons (Fsp3) is 1.00. The topological polar surface area (TPSA) is 18.5 Å². The van der Waals surface area contributed by atoms with Crippen molar-refractivity contribution in [3.05, 3.63) is 0 Å². The van der Waals surface area contributed by atoms with Crippen LogP contribution in [0.25, 0.3) is 0 Å². The third-order valence-corrected chi connectivity index (χ3v) is 7.24. The highest BCUT2D eigenvalue weighted by atomic mass is 16.7. The number of fused-ring (bicyclic) bond motifs is 5. The van der Waals surface area contributed by atoms with E-state index in [0.717, 1.165) is 18.3 Å². The molecule has 1 heterocycles. The molecule has 0 amide bonds. The Morgan fingerprint density at radius 1 is 1.14 bits per heavy atom. The van der Waals surface area contributed by atoms with Crippen molar-refractivity contribution >= 4 is 0 Å². The highest BCUT2D eigenvalue weighted by molar-refractivity contribution is 5.16. The van der Waals surface area contributed by atoms with E-state index in [4.69, 9.17) is 9.47 Å². The molecule has 0 aromatic heterocycles. The van der Waals surface area contributed by atoms with E-state index < -0.39 is 0 Å². The average molecular weight is 294 g/mol. The monoisotopic (exact) mass is 294 g/mol. The summed E-state index contributed by atoms with van der Waals surface area (Å²) in [5, 5.41) is 0. The summed E-state index contributed by atoms with van der Waals surface area (Å²) < 4.78 is 12.8. The molecule has 3 fully saturated rings. The van der Waals surface area contributed by atoms with E-state index in [9.17, 15) is 0 Å². The molecule has 21 heavy (non-hydrogen) atoms. The first-order valence-electron chi connectivity index (χ1n) is 9.25. The Hall–Kier alpha value is -0.0800. The van der Waals surface area contributed by atoms with Gasteiger partial charge in [0, 0.05) is 6.42 Å². The Morgan fingerprint density at radius 2 is 1.81 bits per heavy atom. The van der Waals surface area contributed by atoms with Crippen molar-refractivity contribution in [3.8, 4) is 0 Å². The van der Waals surface area contributed by atoms with Crippen molar-refractivity contribution in [2.45, 2.75) is 98.1 Å². The van der Waals surface area contributed by atoms with Gasteiger partial charge in [-0.2, -0.15) is 0 Å². The molecular weight excluding hydrogens is 260 g/mol. The van der Waals surface area contributed by atoms with Crippen molar-refractivity contribution in [1.82, 2.24) is 0 Å². The molecule has 0 aromatic rings. The first-order chi connectivity index (χ1) is 9.94. The summed E-state index contributed by atoms with van der Waals surface area (Å²) in [5.41, 5.74) is 0.811. The summed E-state index contributed by atoms with van der Waals surface area (Å²) in [6.45, 7) is 11.9. The molecule has 2 bridgehead atoms. The van der Waals surface area contributed by atoms with Crippen molar-refractivity contribution in [3.63, 3.8) is 0 Å². The molecule has 0 spiro atoms. The van der Waals surface area contributed by atoms with Gasteiger partial charge in [0.25, 0.3) is 0 Å². The number of hydrogen-bond donors (Lipinski definition) is 0. The van der Waals surface area contributed by atoms with E-state index in [0.29, 0.717) is 23.0 Å². The minimum Gasteiger partial charge on any atom is -0.349 e. The van der Waals surface area contributed by atoms with Crippen molar-refractivity contribution in [2.75, 3.05) is 0 Å². The number of rotatable bonds is 6. The summed E-state index contributed by atoms with van der Waals surface area (Å²) >= 11 is 0. The summed E-state index contributed by atoms with van der Waals surface area (Å²) in [6, 6.07) is 0. The minimum absolute atomic E-state index is 0.0686. The molecule has 2 nitrogen and oxygen atoms in total. The first-order valence-corrected chi connectivity index (χ1v) is 9.25. The number of ether oxygens (including phenoxy) is 2. The fourth-order valence-corrected chi connectivity index (χ4v) is 5.71. The van der Waals surface area contributed by atoms with Gasteiger partial charge in [0.1, 0.15) is 0 Å². The molecule has 1 aliphatic heterocycles. The lowest BCUT2D eigenvalue weighted by molar-refractivity contribution is -0.188. The third kappa shape index (κ3) is 2.28. The Labute approximate surface area is 131 Å². The summed E-state index contributed by atoms with van der Waals surface area (Å²) in [7, 11) is 0. The fourth-order valence-electron chi connectivity index (χ4n) is 5.71. The maximum Gasteiger partial charge on any atom is 0.158 e. The van der Waals surface area contributed by atoms with E-state index >= 15 is 0 Å². The van der Waals surface area contributed by atoms with Crippen LogP contribution in [0, 0.1) is 22.7 Å². The lowest BCUT2D eigenvalue weighted by atomic mass is 9.70. The van der Waals surface area contributed by atoms with Crippen LogP contribution < -0.4 is 0 Å². The molecule has 122 valence electrons. The molecule has 0 N–H and O–H groups in total. The summed E-state index contributed by atoms with van der Waals surface area (Å²) in [6.07, 6.45) is 9.55. The molecule has 0 unspecified atom stereocenters. The molecule has 2 heteroatoms. The van der Waals surface area contributed by atoms with Crippen LogP contribution >= 0.6 is 0 Å². The third-order valence-electron chi connectivity index (χ3n) is 7.24. The Bertz CT molecular complexity index is 372. The van der Waals surface area contributed by atoms with Crippen molar-refractivity contribution in [2.24, 2.45) is 22.7 Å². The molecule has 0 aromatic carbocycles. The van der Waals surface area contributed by atoms with Gasteiger partial charge in [0.2, 0.25) is 0 Å². The Morgan fingerprint density at radius 3 is 2.38 bits per heavy atom. The van der Waals surface area contributed by atoms with Gasteiger partial charge in [-0.1, -0.05) is 47.5 Å². The van der Waals surface area contributed by atoms with Crippen LogP contribution in [-0.4, -0.2) is 18.5 Å². The van der Waals surface area contributed by atoms with E-state index in [1.807, 2.05) is 0 Å². The molecule has 3 aliphatic rings. The SMILES string of the molecule is CCCC(CCC)O[C@H]1C[C@@H]2[C@H]3CC[C@@](C)([C@@H]2O1)C3(C)C. The Balaban J connectivity index is 1.65. The standard InChI is InChI=1S/C19H34O2/c1-6-8-13(9-7-2)20-16-12-14-15-10-11-19(5,17(14)21-16)18(15,3)4/h13-17H,6-12H2,1-5H3/t14-,15-,16-,17-,19+/m1/s1. The minimum atomic E-state index is 0.0686. The smallest absolute Gasteiger partial charge is 0.158 e. The second-order valence-electron chi connectivity index (χ2n) is 8.51. The van der Waals surface area contributed by atoms with Gasteiger partial charge in [0.05, 0.1) is 12.2 Å². The molecule has 2 saturated carbocycles. The maximum absolute atomic E-state index is 6.46. The zero-order valence-corrected chi connectivity index (χ0v) is 14.7. The average Bonchev–Trinajstić information content (AvgIpc) is 2.96. The second-order valence-corrected chi connectivity index (χ2v) is 8.51. The van der Waals surface area contributed by atoms with Gasteiger partial charge in [-0.15, -0.1) is 0 Å². The van der Waals surface area contributed by atoms with Gasteiger partial charge in [0.15, 0.2) is 6.29 Å². The first kappa shape index (κ1) is 15.8. The predicted molar refractivity (Wildman–Crippen MR) is 86.1 cm³/mol. The zero-order valence-electron chi connectivity index (χ0n) is 14.7. The van der Waals surface area contributed by atoms with Gasteiger partial charge in [-0.25, -0.2) is 0 Å². The van der Waals surface area contributed by atoms with Crippen LogP contribution in [0.1, 0.15) is 79.6 Å². The lowest BCUT2D eigenvalue weighted by Crippen LogP contribution is -2.38. The molecule has 3 rings (SSSR count). The molecule has 0 radical (unpaired) electrons. The van der Waals surface area contributed by atoms with Gasteiger partial charge >= 0.3 is 0 Å². The quantitative estimate of drug-likeness (QED) is 0.673. The largest absolute Gasteiger partial charge is 0.349 e. The van der Waals surface area contributed by atoms with Gasteiger partial charge < -0.3 is 9.47 Å². The summed E-state index contributed by atoms with van der Waals surface area (Å²) in [4.78, 5) is 0. The highest BCUT2D eigenvalue weighted by Gasteiger charge is 2.69. The predicted octanol–water partition coefficient (Wildman–Crippen LogP) is 5.16. The normalized spacial score (nSPS) is 43.7. The van der Waals surface area contributed by atoms with E-state index in [-0.39, 0.29) is 6.29 Å².